The maximum atomic E-state index is 4.09. The molecule has 3 heteroatoms. The molecule has 86 valence electrons. The first kappa shape index (κ1) is 10.1. The van der Waals surface area contributed by atoms with E-state index in [-0.39, 0.29) is 0 Å². The van der Waals surface area contributed by atoms with Crippen LogP contribution in [-0.2, 0) is 13.0 Å². The zero-order valence-electron chi connectivity index (χ0n) is 9.61. The van der Waals surface area contributed by atoms with Gasteiger partial charge in [0.1, 0.15) is 0 Å². The van der Waals surface area contributed by atoms with Crippen molar-refractivity contribution in [1.82, 2.24) is 4.98 Å². The number of nitrogens with zero attached hydrogens (tertiary/aromatic N) is 1. The Balaban J connectivity index is 1.76. The van der Waals surface area contributed by atoms with Crippen molar-refractivity contribution in [2.75, 3.05) is 17.2 Å². The van der Waals surface area contributed by atoms with Gasteiger partial charge in [-0.1, -0.05) is 18.2 Å². The van der Waals surface area contributed by atoms with Crippen LogP contribution in [0.5, 0.6) is 0 Å². The number of hydrogen-bond acceptors (Lipinski definition) is 3. The first-order valence-corrected chi connectivity index (χ1v) is 5.92. The maximum Gasteiger partial charge on any atom is 0.0529 e. The fourth-order valence-corrected chi connectivity index (χ4v) is 2.22. The van der Waals surface area contributed by atoms with Gasteiger partial charge >= 0.3 is 0 Å². The summed E-state index contributed by atoms with van der Waals surface area (Å²) in [4.78, 5) is 4.09. The second-order valence-electron chi connectivity index (χ2n) is 4.22. The van der Waals surface area contributed by atoms with Crippen LogP contribution in [0.25, 0.3) is 0 Å². The van der Waals surface area contributed by atoms with Crippen molar-refractivity contribution in [3.63, 3.8) is 0 Å². The molecular formula is C14H15N3. The van der Waals surface area contributed by atoms with E-state index in [0.717, 1.165) is 25.2 Å². The Morgan fingerprint density at radius 1 is 1.24 bits per heavy atom. The van der Waals surface area contributed by atoms with Gasteiger partial charge in [-0.05, 0) is 29.7 Å². The Morgan fingerprint density at radius 3 is 3.12 bits per heavy atom. The summed E-state index contributed by atoms with van der Waals surface area (Å²) >= 11 is 0. The quantitative estimate of drug-likeness (QED) is 0.843. The van der Waals surface area contributed by atoms with Crippen molar-refractivity contribution in [3.05, 3.63) is 53.9 Å². The first-order valence-electron chi connectivity index (χ1n) is 5.92. The Morgan fingerprint density at radius 2 is 2.24 bits per heavy atom. The summed E-state index contributed by atoms with van der Waals surface area (Å²) < 4.78 is 0. The van der Waals surface area contributed by atoms with Crippen LogP contribution in [0.2, 0.25) is 0 Å². The lowest BCUT2D eigenvalue weighted by atomic mass is 10.1. The van der Waals surface area contributed by atoms with Gasteiger partial charge in [0.25, 0.3) is 0 Å². The number of anilines is 2. The summed E-state index contributed by atoms with van der Waals surface area (Å²) in [5.74, 6) is 0. The monoisotopic (exact) mass is 225 g/mol. The molecule has 0 unspecified atom stereocenters. The van der Waals surface area contributed by atoms with E-state index in [1.165, 1.54) is 16.8 Å². The van der Waals surface area contributed by atoms with Crippen molar-refractivity contribution >= 4 is 11.4 Å². The topological polar surface area (TPSA) is 37.0 Å². The number of para-hydroxylation sites is 1. The second kappa shape index (κ2) is 4.45. The molecule has 3 nitrogen and oxygen atoms in total. The number of rotatable bonds is 3. The average molecular weight is 225 g/mol. The standard InChI is InChI=1S/C14H15N3/c1-3-11-6-8-16-14(11)12(4-1)9-17-13-5-2-7-15-10-13/h1-5,7,10,16-17H,6,8-9H2. The van der Waals surface area contributed by atoms with E-state index in [1.807, 2.05) is 18.3 Å². The van der Waals surface area contributed by atoms with Crippen LogP contribution in [0.3, 0.4) is 0 Å². The summed E-state index contributed by atoms with van der Waals surface area (Å²) in [6.07, 6.45) is 4.76. The number of benzene rings is 1. The Hall–Kier alpha value is -2.03. The fraction of sp³-hybridized carbons (Fsp3) is 0.214. The molecule has 1 aliphatic rings. The Bertz CT molecular complexity index is 508. The Labute approximate surface area is 101 Å². The molecule has 0 radical (unpaired) electrons. The van der Waals surface area contributed by atoms with Crippen LogP contribution in [0.4, 0.5) is 11.4 Å². The second-order valence-corrected chi connectivity index (χ2v) is 4.22. The minimum Gasteiger partial charge on any atom is -0.384 e. The highest BCUT2D eigenvalue weighted by Crippen LogP contribution is 2.26. The van der Waals surface area contributed by atoms with Gasteiger partial charge in [0.05, 0.1) is 5.69 Å². The highest BCUT2D eigenvalue weighted by molar-refractivity contribution is 5.62. The third-order valence-electron chi connectivity index (χ3n) is 3.08. The fourth-order valence-electron chi connectivity index (χ4n) is 2.22. The van der Waals surface area contributed by atoms with Crippen molar-refractivity contribution in [2.45, 2.75) is 13.0 Å². The average Bonchev–Trinajstić information content (AvgIpc) is 2.86. The van der Waals surface area contributed by atoms with Crippen molar-refractivity contribution in [3.8, 4) is 0 Å². The molecule has 0 bridgehead atoms. The smallest absolute Gasteiger partial charge is 0.0529 e. The Kier molecular flexibility index (Phi) is 2.66. The van der Waals surface area contributed by atoms with E-state index in [9.17, 15) is 0 Å². The lowest BCUT2D eigenvalue weighted by Crippen LogP contribution is -2.03. The van der Waals surface area contributed by atoms with Crippen molar-refractivity contribution < 1.29 is 0 Å². The van der Waals surface area contributed by atoms with Crippen LogP contribution in [0.15, 0.2) is 42.7 Å². The molecule has 2 N–H and O–H groups in total. The third-order valence-corrected chi connectivity index (χ3v) is 3.08. The zero-order valence-corrected chi connectivity index (χ0v) is 9.61. The predicted octanol–water partition coefficient (Wildman–Crippen LogP) is 2.66. The number of pyridine rings is 1. The van der Waals surface area contributed by atoms with Crippen LogP contribution in [-0.4, -0.2) is 11.5 Å². The number of nitrogens with one attached hydrogen (secondary N) is 2. The first-order chi connectivity index (χ1) is 8.43. The van der Waals surface area contributed by atoms with E-state index < -0.39 is 0 Å². The van der Waals surface area contributed by atoms with Crippen LogP contribution in [0.1, 0.15) is 11.1 Å². The summed E-state index contributed by atoms with van der Waals surface area (Å²) in [6.45, 7) is 1.89. The molecular weight excluding hydrogens is 210 g/mol. The third kappa shape index (κ3) is 2.09. The van der Waals surface area contributed by atoms with Gasteiger partial charge in [-0.3, -0.25) is 4.98 Å². The molecule has 0 spiro atoms. The lowest BCUT2D eigenvalue weighted by molar-refractivity contribution is 1.11. The minimum absolute atomic E-state index is 0.835. The molecule has 2 heterocycles. The zero-order chi connectivity index (χ0) is 11.5. The van der Waals surface area contributed by atoms with Gasteiger partial charge < -0.3 is 10.6 Å². The van der Waals surface area contributed by atoms with Crippen LogP contribution >= 0.6 is 0 Å². The largest absolute Gasteiger partial charge is 0.384 e. The number of fused-ring (bicyclic) bond motifs is 1. The molecule has 1 aromatic carbocycles. The van der Waals surface area contributed by atoms with Crippen molar-refractivity contribution in [2.24, 2.45) is 0 Å². The molecule has 0 amide bonds. The van der Waals surface area contributed by atoms with E-state index >= 15 is 0 Å². The summed E-state index contributed by atoms with van der Waals surface area (Å²) in [6, 6.07) is 10.5. The van der Waals surface area contributed by atoms with E-state index in [2.05, 4.69) is 33.8 Å². The molecule has 0 saturated heterocycles. The molecule has 3 rings (SSSR count). The van der Waals surface area contributed by atoms with Gasteiger partial charge in [0, 0.05) is 31.2 Å². The molecule has 0 fully saturated rings. The molecule has 0 atom stereocenters. The predicted molar refractivity (Wildman–Crippen MR) is 70.2 cm³/mol. The summed E-state index contributed by atoms with van der Waals surface area (Å²) in [7, 11) is 0. The van der Waals surface area contributed by atoms with Gasteiger partial charge in [0.2, 0.25) is 0 Å². The highest BCUT2D eigenvalue weighted by atomic mass is 14.9. The minimum atomic E-state index is 0.835. The SMILES string of the molecule is c1cncc(NCc2cccc3c2NCC3)c1. The van der Waals surface area contributed by atoms with Gasteiger partial charge in [-0.25, -0.2) is 0 Å². The van der Waals surface area contributed by atoms with Gasteiger partial charge in [-0.15, -0.1) is 0 Å². The summed E-state index contributed by atoms with van der Waals surface area (Å²) in [5.41, 5.74) is 5.12. The molecule has 17 heavy (non-hydrogen) atoms. The lowest BCUT2D eigenvalue weighted by Gasteiger charge is -2.10. The molecule has 1 aromatic heterocycles. The van der Waals surface area contributed by atoms with Crippen LogP contribution in [0, 0.1) is 0 Å². The highest BCUT2D eigenvalue weighted by Gasteiger charge is 2.12. The maximum absolute atomic E-state index is 4.09. The van der Waals surface area contributed by atoms with Gasteiger partial charge in [-0.2, -0.15) is 0 Å². The van der Waals surface area contributed by atoms with Gasteiger partial charge in [0.15, 0.2) is 0 Å². The summed E-state index contributed by atoms with van der Waals surface area (Å²) in [5, 5.41) is 6.84. The molecule has 2 aromatic rings. The van der Waals surface area contributed by atoms with Crippen LogP contribution < -0.4 is 10.6 Å². The van der Waals surface area contributed by atoms with E-state index in [0.29, 0.717) is 0 Å². The van der Waals surface area contributed by atoms with E-state index in [4.69, 9.17) is 0 Å². The molecule has 0 aliphatic carbocycles. The van der Waals surface area contributed by atoms with Crippen molar-refractivity contribution in [1.29, 1.82) is 0 Å². The number of hydrogen-bond donors (Lipinski definition) is 2. The normalized spacial score (nSPS) is 12.9. The molecule has 0 saturated carbocycles. The molecule has 1 aliphatic heterocycles. The van der Waals surface area contributed by atoms with E-state index in [1.54, 1.807) is 6.20 Å². The number of aromatic nitrogens is 1.